The molecular weight excluding hydrogens is 218 g/mol. The molecule has 0 saturated heterocycles. The van der Waals surface area contributed by atoms with Crippen LogP contribution in [0, 0.1) is 5.92 Å². The minimum Gasteiger partial charge on any atom is -0.368 e. The van der Waals surface area contributed by atoms with Gasteiger partial charge in [-0.1, -0.05) is 20.4 Å². The smallest absolute Gasteiger partial charge is 0.244 e. The second-order valence-corrected chi connectivity index (χ2v) is 4.43. The highest BCUT2D eigenvalue weighted by molar-refractivity contribution is 6.00. The van der Waals surface area contributed by atoms with Crippen LogP contribution in [0.4, 0.5) is 11.9 Å². The van der Waals surface area contributed by atoms with E-state index in [1.165, 1.54) is 4.68 Å². The van der Waals surface area contributed by atoms with Crippen LogP contribution >= 0.6 is 0 Å². The molecule has 6 heteroatoms. The second-order valence-electron chi connectivity index (χ2n) is 4.43. The lowest BCUT2D eigenvalue weighted by Gasteiger charge is -2.20. The number of carbonyl (C=O) groups is 1. The van der Waals surface area contributed by atoms with Crippen LogP contribution in [0.25, 0.3) is 0 Å². The van der Waals surface area contributed by atoms with Crippen molar-refractivity contribution < 1.29 is 4.79 Å². The van der Waals surface area contributed by atoms with E-state index in [2.05, 4.69) is 22.0 Å². The van der Waals surface area contributed by atoms with E-state index in [0.29, 0.717) is 17.5 Å². The lowest BCUT2D eigenvalue weighted by molar-refractivity contribution is -0.117. The summed E-state index contributed by atoms with van der Waals surface area (Å²) in [5, 5.41) is 7.05. The molecule has 1 aromatic heterocycles. The number of nitrogens with two attached hydrogens (primary N) is 1. The van der Waals surface area contributed by atoms with Crippen LogP contribution in [-0.4, -0.2) is 26.6 Å². The molecule has 0 aliphatic heterocycles. The number of nitrogens with one attached hydrogen (secondary N) is 1. The Labute approximate surface area is 101 Å². The first-order chi connectivity index (χ1) is 7.82. The van der Waals surface area contributed by atoms with Crippen molar-refractivity contribution in [3.8, 4) is 0 Å². The predicted molar refractivity (Wildman–Crippen MR) is 67.5 cm³/mol. The van der Waals surface area contributed by atoms with Crippen molar-refractivity contribution >= 4 is 17.7 Å². The van der Waals surface area contributed by atoms with Gasteiger partial charge in [0.25, 0.3) is 0 Å². The minimum atomic E-state index is -0.380. The highest BCUT2D eigenvalue weighted by Crippen LogP contribution is 2.13. The van der Waals surface area contributed by atoms with Crippen LogP contribution in [0.5, 0.6) is 0 Å². The molecule has 0 radical (unpaired) electrons. The van der Waals surface area contributed by atoms with E-state index < -0.39 is 0 Å². The number of anilines is 2. The van der Waals surface area contributed by atoms with E-state index in [0.717, 1.165) is 0 Å². The van der Waals surface area contributed by atoms with Crippen LogP contribution in [0.3, 0.4) is 0 Å². The molecule has 94 valence electrons. The summed E-state index contributed by atoms with van der Waals surface area (Å²) in [5.41, 5.74) is 6.09. The maximum Gasteiger partial charge on any atom is 0.244 e. The average molecular weight is 237 g/mol. The van der Waals surface area contributed by atoms with Crippen molar-refractivity contribution in [2.45, 2.75) is 26.8 Å². The van der Waals surface area contributed by atoms with Crippen molar-refractivity contribution in [1.29, 1.82) is 0 Å². The van der Waals surface area contributed by atoms with E-state index >= 15 is 0 Å². The number of hydrogen-bond acceptors (Lipinski definition) is 5. The number of aryl methyl sites for hydroxylation is 1. The van der Waals surface area contributed by atoms with E-state index in [4.69, 9.17) is 5.73 Å². The summed E-state index contributed by atoms with van der Waals surface area (Å²) < 4.78 is 1.45. The fourth-order valence-electron chi connectivity index (χ4n) is 1.40. The molecule has 3 N–H and O–H groups in total. The molecule has 1 aromatic rings. The van der Waals surface area contributed by atoms with Crippen LogP contribution in [0.15, 0.2) is 12.2 Å². The molecule has 1 unspecified atom stereocenters. The molecule has 0 bridgehead atoms. The quantitative estimate of drug-likeness (QED) is 0.745. The molecule has 0 fully saturated rings. The predicted octanol–water partition coefficient (Wildman–Crippen LogP) is 0.979. The van der Waals surface area contributed by atoms with E-state index in [1.807, 2.05) is 13.8 Å². The SMILES string of the molecule is C=C(C)C(=O)C(Nc1nc(N)n(C)n1)C(C)C. The summed E-state index contributed by atoms with van der Waals surface area (Å²) in [5.74, 6) is 0.742. The fourth-order valence-corrected chi connectivity index (χ4v) is 1.40. The van der Waals surface area contributed by atoms with Gasteiger partial charge in [0.2, 0.25) is 11.9 Å². The summed E-state index contributed by atoms with van der Waals surface area (Å²) in [6, 6.07) is -0.380. The summed E-state index contributed by atoms with van der Waals surface area (Å²) in [6.07, 6.45) is 0. The van der Waals surface area contributed by atoms with Gasteiger partial charge in [-0.15, -0.1) is 5.10 Å². The number of nitrogens with zero attached hydrogens (tertiary/aromatic N) is 3. The molecule has 1 atom stereocenters. The van der Waals surface area contributed by atoms with Crippen LogP contribution in [0.2, 0.25) is 0 Å². The van der Waals surface area contributed by atoms with Gasteiger partial charge in [-0.25, -0.2) is 4.68 Å². The number of ketones is 1. The maximum absolute atomic E-state index is 11.9. The number of hydrogen-bond donors (Lipinski definition) is 2. The third-order valence-corrected chi connectivity index (χ3v) is 2.45. The van der Waals surface area contributed by atoms with E-state index in [-0.39, 0.29) is 17.7 Å². The lowest BCUT2D eigenvalue weighted by atomic mass is 9.96. The highest BCUT2D eigenvalue weighted by Gasteiger charge is 2.23. The topological polar surface area (TPSA) is 85.8 Å². The molecule has 0 aliphatic carbocycles. The largest absolute Gasteiger partial charge is 0.368 e. The molecule has 0 aliphatic rings. The summed E-state index contributed by atoms with van der Waals surface area (Å²) >= 11 is 0. The Morgan fingerprint density at radius 3 is 2.47 bits per heavy atom. The van der Waals surface area contributed by atoms with Crippen LogP contribution in [-0.2, 0) is 11.8 Å². The molecule has 1 heterocycles. The Bertz CT molecular complexity index is 416. The third kappa shape index (κ3) is 3.05. The molecule has 17 heavy (non-hydrogen) atoms. The first kappa shape index (κ1) is 13.2. The lowest BCUT2D eigenvalue weighted by Crippen LogP contribution is -2.35. The first-order valence-corrected chi connectivity index (χ1v) is 5.45. The van der Waals surface area contributed by atoms with Gasteiger partial charge < -0.3 is 11.1 Å². The molecule has 0 saturated carbocycles. The average Bonchev–Trinajstić information content (AvgIpc) is 2.53. The zero-order valence-electron chi connectivity index (χ0n) is 10.7. The Morgan fingerprint density at radius 1 is 1.53 bits per heavy atom. The number of carbonyl (C=O) groups excluding carboxylic acids is 1. The molecule has 6 nitrogen and oxygen atoms in total. The molecular formula is C11H19N5O. The number of Topliss-reactive ketones (excluding diaryl/α,β-unsaturated/α-hetero) is 1. The van der Waals surface area contributed by atoms with Crippen molar-refractivity contribution in [3.05, 3.63) is 12.2 Å². The molecule has 0 amide bonds. The first-order valence-electron chi connectivity index (χ1n) is 5.45. The van der Waals surface area contributed by atoms with Gasteiger partial charge in [0.05, 0.1) is 6.04 Å². The number of nitrogen functional groups attached to an aromatic ring is 1. The summed E-state index contributed by atoms with van der Waals surface area (Å²) in [4.78, 5) is 15.9. The zero-order chi connectivity index (χ0) is 13.2. The minimum absolute atomic E-state index is 0.0361. The van der Waals surface area contributed by atoms with Gasteiger partial charge in [-0.3, -0.25) is 4.79 Å². The maximum atomic E-state index is 11.9. The Morgan fingerprint density at radius 2 is 2.12 bits per heavy atom. The molecule has 0 spiro atoms. The van der Waals surface area contributed by atoms with Gasteiger partial charge >= 0.3 is 0 Å². The zero-order valence-corrected chi connectivity index (χ0v) is 10.7. The summed E-state index contributed by atoms with van der Waals surface area (Å²) in [7, 11) is 1.69. The van der Waals surface area contributed by atoms with Crippen LogP contribution < -0.4 is 11.1 Å². The number of rotatable bonds is 5. The monoisotopic (exact) mass is 237 g/mol. The van der Waals surface area contributed by atoms with Crippen LogP contribution in [0.1, 0.15) is 20.8 Å². The van der Waals surface area contributed by atoms with E-state index in [9.17, 15) is 4.79 Å². The molecule has 1 rings (SSSR count). The Kier molecular flexibility index (Phi) is 3.88. The van der Waals surface area contributed by atoms with Gasteiger partial charge in [-0.05, 0) is 18.4 Å². The standard InChI is InChI=1S/C11H19N5O/c1-6(2)8(9(17)7(3)4)13-11-14-10(12)16(5)15-11/h6,8H,3H2,1-2,4-5H3,(H3,12,13,14,15). The van der Waals surface area contributed by atoms with Crippen molar-refractivity contribution in [1.82, 2.24) is 14.8 Å². The normalized spacial score (nSPS) is 12.5. The van der Waals surface area contributed by atoms with Gasteiger partial charge in [0.1, 0.15) is 0 Å². The van der Waals surface area contributed by atoms with Crippen molar-refractivity contribution in [3.63, 3.8) is 0 Å². The van der Waals surface area contributed by atoms with Crippen molar-refractivity contribution in [2.75, 3.05) is 11.1 Å². The van der Waals surface area contributed by atoms with Gasteiger partial charge in [-0.2, -0.15) is 4.98 Å². The second kappa shape index (κ2) is 4.99. The van der Waals surface area contributed by atoms with Gasteiger partial charge in [0.15, 0.2) is 5.78 Å². The Balaban J connectivity index is 2.87. The van der Waals surface area contributed by atoms with Gasteiger partial charge in [0, 0.05) is 7.05 Å². The van der Waals surface area contributed by atoms with E-state index in [1.54, 1.807) is 14.0 Å². The fraction of sp³-hybridized carbons (Fsp3) is 0.545. The number of aromatic nitrogens is 3. The Hall–Kier alpha value is -1.85. The third-order valence-electron chi connectivity index (χ3n) is 2.45. The van der Waals surface area contributed by atoms with Crippen molar-refractivity contribution in [2.24, 2.45) is 13.0 Å². The summed E-state index contributed by atoms with van der Waals surface area (Å²) in [6.45, 7) is 9.25. The highest BCUT2D eigenvalue weighted by atomic mass is 16.1. The molecule has 0 aromatic carbocycles.